The molecular formula is C7H6O4S. The average Bonchev–Trinajstić information content (AvgIpc) is 2.35. The quantitative estimate of drug-likeness (QED) is 0.457. The molecule has 5 heteroatoms. The summed E-state index contributed by atoms with van der Waals surface area (Å²) >= 11 is 1.04. The van der Waals surface area contributed by atoms with E-state index in [1.165, 1.54) is 6.08 Å². The van der Waals surface area contributed by atoms with E-state index in [4.69, 9.17) is 0 Å². The number of ether oxygens (including phenoxy) is 1. The van der Waals surface area contributed by atoms with Crippen molar-refractivity contribution in [3.05, 3.63) is 11.8 Å². The Kier molecular flexibility index (Phi) is 2.65. The highest BCUT2D eigenvalue weighted by Gasteiger charge is 2.18. The van der Waals surface area contributed by atoms with Gasteiger partial charge in [-0.1, -0.05) is 11.8 Å². The Hall–Kier alpha value is -1.10. The number of carbonyl (C=O) groups excluding carboxylic acids is 3. The predicted molar refractivity (Wildman–Crippen MR) is 42.3 cm³/mol. The molecule has 0 fully saturated rings. The van der Waals surface area contributed by atoms with E-state index in [-0.39, 0.29) is 10.9 Å². The van der Waals surface area contributed by atoms with E-state index in [0.717, 1.165) is 18.7 Å². The summed E-state index contributed by atoms with van der Waals surface area (Å²) in [6.45, 7) is 1.12. The molecule has 0 aromatic rings. The molecule has 0 aromatic heterocycles. The number of ketones is 1. The van der Waals surface area contributed by atoms with Crippen molar-refractivity contribution < 1.29 is 19.1 Å². The fourth-order valence-electron chi connectivity index (χ4n) is 0.607. The van der Waals surface area contributed by atoms with Crippen LogP contribution >= 0.6 is 11.8 Å². The molecule has 1 aliphatic heterocycles. The molecule has 1 heterocycles. The molecule has 0 radical (unpaired) electrons. The van der Waals surface area contributed by atoms with E-state index in [9.17, 15) is 14.4 Å². The van der Waals surface area contributed by atoms with Crippen LogP contribution in [0.4, 0.5) is 0 Å². The van der Waals surface area contributed by atoms with Crippen molar-refractivity contribution in [3.63, 3.8) is 0 Å². The summed E-state index contributed by atoms with van der Waals surface area (Å²) in [5, 5.41) is -0.152. The van der Waals surface area contributed by atoms with Gasteiger partial charge in [-0.2, -0.15) is 0 Å². The predicted octanol–water partition coefficient (Wildman–Crippen LogP) is 0.276. The number of carbonyl (C=O) groups is 3. The van der Waals surface area contributed by atoms with Crippen molar-refractivity contribution in [1.29, 1.82) is 0 Å². The summed E-state index contributed by atoms with van der Waals surface area (Å²) in [4.78, 5) is 31.7. The third-order valence-corrected chi connectivity index (χ3v) is 1.98. The van der Waals surface area contributed by atoms with Gasteiger partial charge in [-0.05, 0) is 0 Å². The van der Waals surface area contributed by atoms with Crippen molar-refractivity contribution in [2.75, 3.05) is 5.75 Å². The number of esters is 1. The molecule has 0 saturated carbocycles. The largest absolute Gasteiger partial charge is 0.424 e. The van der Waals surface area contributed by atoms with Gasteiger partial charge in [-0.25, -0.2) is 4.79 Å². The highest BCUT2D eigenvalue weighted by atomic mass is 32.2. The van der Waals surface area contributed by atoms with Gasteiger partial charge in [-0.15, -0.1) is 0 Å². The summed E-state index contributed by atoms with van der Waals surface area (Å²) in [5.74, 6) is -1.00. The standard InChI is InChI=1S/C7H6O4S/c1-4(8)7(10)11-5-2-6(9)12-3-5/h2H,3H2,1H3. The Morgan fingerprint density at radius 1 is 1.58 bits per heavy atom. The second-order valence-electron chi connectivity index (χ2n) is 2.16. The minimum Gasteiger partial charge on any atom is -0.424 e. The Morgan fingerprint density at radius 2 is 2.25 bits per heavy atom. The number of hydrogen-bond donors (Lipinski definition) is 0. The SMILES string of the molecule is CC(=O)C(=O)OC1=CC(=O)SC1. The van der Waals surface area contributed by atoms with Crippen LogP contribution in [-0.4, -0.2) is 22.6 Å². The maximum absolute atomic E-state index is 10.7. The van der Waals surface area contributed by atoms with E-state index in [1.54, 1.807) is 0 Å². The first-order valence-corrected chi connectivity index (χ1v) is 4.18. The second kappa shape index (κ2) is 3.53. The van der Waals surface area contributed by atoms with Gasteiger partial charge in [0.05, 0.1) is 5.75 Å². The molecule has 0 amide bonds. The molecule has 0 atom stereocenters. The lowest BCUT2D eigenvalue weighted by Gasteiger charge is -1.98. The van der Waals surface area contributed by atoms with Crippen LogP contribution in [0.3, 0.4) is 0 Å². The first-order chi connectivity index (χ1) is 5.59. The Bertz CT molecular complexity index is 279. The molecule has 1 rings (SSSR count). The summed E-state index contributed by atoms with van der Waals surface area (Å²) in [7, 11) is 0. The van der Waals surface area contributed by atoms with Crippen molar-refractivity contribution >= 4 is 28.6 Å². The van der Waals surface area contributed by atoms with Crippen molar-refractivity contribution in [2.24, 2.45) is 0 Å². The molecule has 0 spiro atoms. The van der Waals surface area contributed by atoms with Gasteiger partial charge in [0.15, 0.2) is 0 Å². The first-order valence-electron chi connectivity index (χ1n) is 3.19. The number of hydrogen-bond acceptors (Lipinski definition) is 5. The van der Waals surface area contributed by atoms with E-state index < -0.39 is 11.8 Å². The lowest BCUT2D eigenvalue weighted by atomic mass is 10.4. The molecule has 0 aliphatic carbocycles. The zero-order chi connectivity index (χ0) is 9.14. The van der Waals surface area contributed by atoms with Gasteiger partial charge in [-0.3, -0.25) is 9.59 Å². The molecule has 0 N–H and O–H groups in total. The highest BCUT2D eigenvalue weighted by Crippen LogP contribution is 2.19. The maximum atomic E-state index is 10.7. The van der Waals surface area contributed by atoms with Gasteiger partial charge in [0.1, 0.15) is 5.76 Å². The van der Waals surface area contributed by atoms with E-state index in [2.05, 4.69) is 4.74 Å². The summed E-state index contributed by atoms with van der Waals surface area (Å²) in [5.41, 5.74) is 0. The Balaban J connectivity index is 2.53. The molecule has 0 unspecified atom stereocenters. The van der Waals surface area contributed by atoms with Crippen LogP contribution in [0.5, 0.6) is 0 Å². The monoisotopic (exact) mass is 186 g/mol. The fourth-order valence-corrected chi connectivity index (χ4v) is 1.25. The molecule has 64 valence electrons. The molecule has 0 saturated heterocycles. The van der Waals surface area contributed by atoms with E-state index in [1.807, 2.05) is 0 Å². The number of Topliss-reactive ketones (excluding diaryl/α,β-unsaturated/α-hetero) is 1. The molecule has 12 heavy (non-hydrogen) atoms. The Morgan fingerprint density at radius 3 is 2.67 bits per heavy atom. The van der Waals surface area contributed by atoms with Crippen molar-refractivity contribution in [1.82, 2.24) is 0 Å². The van der Waals surface area contributed by atoms with Gasteiger partial charge < -0.3 is 4.74 Å². The van der Waals surface area contributed by atoms with Gasteiger partial charge in [0.25, 0.3) is 0 Å². The van der Waals surface area contributed by atoms with Gasteiger partial charge >= 0.3 is 5.97 Å². The maximum Gasteiger partial charge on any atom is 0.379 e. The van der Waals surface area contributed by atoms with Crippen LogP contribution < -0.4 is 0 Å². The van der Waals surface area contributed by atoms with Crippen LogP contribution in [-0.2, 0) is 19.1 Å². The third kappa shape index (κ3) is 2.20. The van der Waals surface area contributed by atoms with Crippen LogP contribution in [0, 0.1) is 0 Å². The third-order valence-electron chi connectivity index (χ3n) is 1.15. The first kappa shape index (κ1) is 8.99. The van der Waals surface area contributed by atoms with Gasteiger partial charge in [0, 0.05) is 13.0 Å². The van der Waals surface area contributed by atoms with E-state index in [0.29, 0.717) is 5.75 Å². The summed E-state index contributed by atoms with van der Waals surface area (Å²) in [6.07, 6.45) is 1.21. The topological polar surface area (TPSA) is 60.4 Å². The zero-order valence-electron chi connectivity index (χ0n) is 6.33. The average molecular weight is 186 g/mol. The van der Waals surface area contributed by atoms with Crippen LogP contribution in [0.2, 0.25) is 0 Å². The summed E-state index contributed by atoms with van der Waals surface area (Å²) < 4.78 is 4.57. The molecular weight excluding hydrogens is 180 g/mol. The molecule has 1 aliphatic rings. The normalized spacial score (nSPS) is 15.8. The minimum atomic E-state index is -0.920. The van der Waals surface area contributed by atoms with Gasteiger partial charge in [0.2, 0.25) is 10.9 Å². The molecule has 0 aromatic carbocycles. The fraction of sp³-hybridized carbons (Fsp3) is 0.286. The van der Waals surface area contributed by atoms with E-state index >= 15 is 0 Å². The van der Waals surface area contributed by atoms with Crippen LogP contribution in [0.1, 0.15) is 6.92 Å². The molecule has 0 bridgehead atoms. The highest BCUT2D eigenvalue weighted by molar-refractivity contribution is 8.14. The minimum absolute atomic E-state index is 0.152. The number of thioether (sulfide) groups is 1. The van der Waals surface area contributed by atoms with Crippen molar-refractivity contribution in [3.8, 4) is 0 Å². The Labute approximate surface area is 73.0 Å². The smallest absolute Gasteiger partial charge is 0.379 e. The molecule has 4 nitrogen and oxygen atoms in total. The summed E-state index contributed by atoms with van der Waals surface area (Å²) in [6, 6.07) is 0. The van der Waals surface area contributed by atoms with Crippen molar-refractivity contribution in [2.45, 2.75) is 6.92 Å². The zero-order valence-corrected chi connectivity index (χ0v) is 7.14. The lowest BCUT2D eigenvalue weighted by Crippen LogP contribution is -2.13. The second-order valence-corrected chi connectivity index (χ2v) is 3.14. The number of rotatable bonds is 2. The van der Waals surface area contributed by atoms with Crippen LogP contribution in [0.15, 0.2) is 11.8 Å². The lowest BCUT2D eigenvalue weighted by molar-refractivity contribution is -0.149. The van der Waals surface area contributed by atoms with Crippen LogP contribution in [0.25, 0.3) is 0 Å².